The summed E-state index contributed by atoms with van der Waals surface area (Å²) in [6.07, 6.45) is 19.1. The summed E-state index contributed by atoms with van der Waals surface area (Å²) in [7, 11) is 0. The number of carbonyl (C=O) groups excluding carboxylic acids is 1. The predicted molar refractivity (Wildman–Crippen MR) is 109 cm³/mol. The van der Waals surface area contributed by atoms with Crippen LogP contribution in [0.3, 0.4) is 0 Å². The van der Waals surface area contributed by atoms with Crippen LogP contribution in [0, 0.1) is 12.3 Å². The molecule has 158 valence electrons. The van der Waals surface area contributed by atoms with Gasteiger partial charge in [0, 0.05) is 0 Å². The molecule has 27 heavy (non-hydrogen) atoms. The minimum absolute atomic E-state index is 0. The Bertz CT molecular complexity index is 415. The highest BCUT2D eigenvalue weighted by Crippen LogP contribution is 2.17. The smallest absolute Gasteiger partial charge is 0.410 e. The monoisotopic (exact) mass is 400 g/mol. The van der Waals surface area contributed by atoms with Crippen molar-refractivity contribution in [1.29, 1.82) is 0 Å². The molecule has 5 heteroatoms. The number of carbonyl (C=O) groups is 1. The second-order valence-electron chi connectivity index (χ2n) is 7.74. The summed E-state index contributed by atoms with van der Waals surface area (Å²) >= 11 is 0. The van der Waals surface area contributed by atoms with Gasteiger partial charge in [-0.25, -0.2) is 4.79 Å². The van der Waals surface area contributed by atoms with Gasteiger partial charge in [-0.3, -0.25) is 4.90 Å². The number of hydrogen-bond donors (Lipinski definition) is 0. The van der Waals surface area contributed by atoms with Crippen molar-refractivity contribution in [2.24, 2.45) is 0 Å². The fourth-order valence-electron chi connectivity index (χ4n) is 3.88. The predicted octanol–water partition coefficient (Wildman–Crippen LogP) is 1.83. The summed E-state index contributed by atoms with van der Waals surface area (Å²) in [4.78, 5) is 13.7. The Morgan fingerprint density at radius 2 is 1.48 bits per heavy atom. The largest absolute Gasteiger partial charge is 1.00 e. The Kier molecular flexibility index (Phi) is 15.5. The fourth-order valence-corrected chi connectivity index (χ4v) is 3.88. The number of terminal acetylenes is 1. The molecular weight excluding hydrogens is 360 g/mol. The Hall–Kier alpha value is -0.920. The number of amides is 1. The maximum atomic E-state index is 11.9. The summed E-state index contributed by atoms with van der Waals surface area (Å²) in [6.45, 7) is 9.94. The van der Waals surface area contributed by atoms with E-state index in [0.717, 1.165) is 43.8 Å². The Labute approximate surface area is 174 Å². The lowest BCUT2D eigenvalue weighted by atomic mass is 10.1. The molecule has 0 spiro atoms. The first-order valence-electron chi connectivity index (χ1n) is 10.9. The van der Waals surface area contributed by atoms with Crippen molar-refractivity contribution in [3.8, 4) is 12.3 Å². The van der Waals surface area contributed by atoms with Gasteiger partial charge >= 0.3 is 6.09 Å². The highest BCUT2D eigenvalue weighted by atomic mass is 35.5. The summed E-state index contributed by atoms with van der Waals surface area (Å²) in [5.41, 5.74) is 0. The lowest BCUT2D eigenvalue weighted by Gasteiger charge is -2.43. The van der Waals surface area contributed by atoms with Crippen molar-refractivity contribution in [2.75, 3.05) is 45.9 Å². The molecule has 4 nitrogen and oxygen atoms in total. The van der Waals surface area contributed by atoms with Gasteiger partial charge in [-0.2, -0.15) is 0 Å². The van der Waals surface area contributed by atoms with E-state index in [1.54, 1.807) is 0 Å². The maximum Gasteiger partial charge on any atom is 0.410 e. The van der Waals surface area contributed by atoms with Gasteiger partial charge in [0.1, 0.15) is 6.54 Å². The number of nitrogens with zero attached hydrogens (tertiary/aromatic N) is 2. The zero-order valence-electron chi connectivity index (χ0n) is 17.7. The number of ether oxygens (including phenoxy) is 1. The molecule has 0 unspecified atom stereocenters. The van der Waals surface area contributed by atoms with Gasteiger partial charge in [0.05, 0.1) is 39.3 Å². The molecule has 0 radical (unpaired) electrons. The quantitative estimate of drug-likeness (QED) is 0.268. The first kappa shape index (κ1) is 26.1. The summed E-state index contributed by atoms with van der Waals surface area (Å²) in [5.74, 6) is 2.87. The summed E-state index contributed by atoms with van der Waals surface area (Å²) in [5, 5.41) is 0. The van der Waals surface area contributed by atoms with Gasteiger partial charge in [0.2, 0.25) is 0 Å². The number of quaternary nitrogens is 1. The van der Waals surface area contributed by atoms with Gasteiger partial charge in [0.25, 0.3) is 0 Å². The fraction of sp³-hybridized carbons (Fsp3) is 0.864. The molecule has 0 aromatic carbocycles. The highest BCUT2D eigenvalue weighted by Gasteiger charge is 2.33. The standard InChI is InChI=1S/C22H41N2O2.ClH/c1-4-7-8-9-10-11-12-13-14-15-19-24(18-5-2)20-16-23(17-21-24)22(25)26-6-3;/h2H,4,6-21H2,1,3H3;1H/q+1;/p-1. The third-order valence-electron chi connectivity index (χ3n) is 5.63. The van der Waals surface area contributed by atoms with Crippen LogP contribution >= 0.6 is 0 Å². The van der Waals surface area contributed by atoms with Crippen molar-refractivity contribution in [2.45, 2.75) is 78.1 Å². The molecule has 0 bridgehead atoms. The number of halogens is 1. The van der Waals surface area contributed by atoms with Crippen LogP contribution in [0.15, 0.2) is 0 Å². The van der Waals surface area contributed by atoms with Crippen LogP contribution in [-0.2, 0) is 4.74 Å². The number of unbranched alkanes of at least 4 members (excludes halogenated alkanes) is 9. The summed E-state index contributed by atoms with van der Waals surface area (Å²) < 4.78 is 6.09. The molecule has 1 heterocycles. The normalized spacial score (nSPS) is 15.7. The van der Waals surface area contributed by atoms with E-state index in [9.17, 15) is 4.79 Å². The van der Waals surface area contributed by atoms with Crippen molar-refractivity contribution in [3.05, 3.63) is 0 Å². The molecule has 0 N–H and O–H groups in total. The van der Waals surface area contributed by atoms with E-state index >= 15 is 0 Å². The van der Waals surface area contributed by atoms with Crippen LogP contribution in [-0.4, -0.2) is 61.4 Å². The molecule has 1 aliphatic heterocycles. The molecule has 1 fully saturated rings. The Morgan fingerprint density at radius 1 is 0.963 bits per heavy atom. The first-order valence-corrected chi connectivity index (χ1v) is 10.9. The summed E-state index contributed by atoms with van der Waals surface area (Å²) in [6, 6.07) is 0. The molecule has 0 atom stereocenters. The van der Waals surface area contributed by atoms with E-state index in [1.165, 1.54) is 64.2 Å². The molecule has 0 aromatic heterocycles. The zero-order chi connectivity index (χ0) is 19.1. The lowest BCUT2D eigenvalue weighted by molar-refractivity contribution is -0.925. The first-order chi connectivity index (χ1) is 12.7. The molecule has 1 amide bonds. The van der Waals surface area contributed by atoms with Crippen molar-refractivity contribution in [3.63, 3.8) is 0 Å². The van der Waals surface area contributed by atoms with E-state index in [-0.39, 0.29) is 18.5 Å². The molecule has 0 saturated carbocycles. The topological polar surface area (TPSA) is 29.5 Å². The SMILES string of the molecule is C#CC[N+]1(CCCCCCCCCCCC)CCN(C(=O)OCC)CC1.[Cl-]. The molecule has 1 rings (SSSR count). The van der Waals surface area contributed by atoms with E-state index in [4.69, 9.17) is 11.2 Å². The van der Waals surface area contributed by atoms with Crippen LogP contribution in [0.1, 0.15) is 78.1 Å². The van der Waals surface area contributed by atoms with Gasteiger partial charge in [-0.15, -0.1) is 6.42 Å². The Morgan fingerprint density at radius 3 is 1.96 bits per heavy atom. The van der Waals surface area contributed by atoms with Gasteiger partial charge in [-0.05, 0) is 25.7 Å². The average molecular weight is 401 g/mol. The third-order valence-corrected chi connectivity index (χ3v) is 5.63. The van der Waals surface area contributed by atoms with Crippen molar-refractivity contribution >= 4 is 6.09 Å². The maximum absolute atomic E-state index is 11.9. The van der Waals surface area contributed by atoms with Crippen LogP contribution in [0.4, 0.5) is 4.79 Å². The Balaban J connectivity index is 0.00000676. The van der Waals surface area contributed by atoms with E-state index in [1.807, 2.05) is 11.8 Å². The molecule has 1 saturated heterocycles. The van der Waals surface area contributed by atoms with E-state index in [0.29, 0.717) is 6.61 Å². The van der Waals surface area contributed by atoms with Crippen LogP contribution in [0.5, 0.6) is 0 Å². The van der Waals surface area contributed by atoms with Gasteiger partial charge in [-0.1, -0.05) is 58.3 Å². The second kappa shape index (κ2) is 16.1. The van der Waals surface area contributed by atoms with Crippen molar-refractivity contribution < 1.29 is 26.4 Å². The molecule has 1 aliphatic rings. The van der Waals surface area contributed by atoms with E-state index < -0.39 is 0 Å². The molecular formula is C22H41ClN2O2. The highest BCUT2D eigenvalue weighted by molar-refractivity contribution is 5.67. The number of piperazine rings is 1. The van der Waals surface area contributed by atoms with Gasteiger partial charge < -0.3 is 21.6 Å². The van der Waals surface area contributed by atoms with Crippen LogP contribution in [0.2, 0.25) is 0 Å². The second-order valence-corrected chi connectivity index (χ2v) is 7.74. The van der Waals surface area contributed by atoms with Crippen LogP contribution in [0.25, 0.3) is 0 Å². The number of rotatable bonds is 13. The van der Waals surface area contributed by atoms with E-state index in [2.05, 4.69) is 12.8 Å². The van der Waals surface area contributed by atoms with Crippen LogP contribution < -0.4 is 12.4 Å². The third kappa shape index (κ3) is 10.9. The van der Waals surface area contributed by atoms with Crippen molar-refractivity contribution in [1.82, 2.24) is 4.90 Å². The minimum atomic E-state index is -0.176. The zero-order valence-corrected chi connectivity index (χ0v) is 18.4. The van der Waals surface area contributed by atoms with Gasteiger partial charge in [0.15, 0.2) is 0 Å². The lowest BCUT2D eigenvalue weighted by Crippen LogP contribution is -3.00. The number of hydrogen-bond acceptors (Lipinski definition) is 2. The minimum Gasteiger partial charge on any atom is -1.00 e. The molecule has 0 aromatic rings. The average Bonchev–Trinajstić information content (AvgIpc) is 2.64. The molecule has 0 aliphatic carbocycles.